The zero-order chi connectivity index (χ0) is 10.3. The minimum Gasteiger partial charge on any atom is -0.422 e. The number of rotatable bonds is 0. The lowest BCUT2D eigenvalue weighted by molar-refractivity contribution is 0.290. The molecule has 0 aliphatic carbocycles. The van der Waals surface area contributed by atoms with Crippen LogP contribution in [0.3, 0.4) is 0 Å². The number of fused-ring (bicyclic) bond motifs is 1. The van der Waals surface area contributed by atoms with Crippen LogP contribution in [-0.4, -0.2) is 0 Å². The minimum absolute atomic E-state index is 0.127. The Morgan fingerprint density at radius 3 is 2.36 bits per heavy atom. The molecule has 0 fully saturated rings. The maximum absolute atomic E-state index is 5.33. The van der Waals surface area contributed by atoms with Crippen molar-refractivity contribution in [3.8, 4) is 11.5 Å². The maximum Gasteiger partial charge on any atom is 0.282 e. The maximum atomic E-state index is 5.33. The lowest BCUT2D eigenvalue weighted by Gasteiger charge is -2.18. The Labute approximate surface area is 84.2 Å². The predicted octanol–water partition coefficient (Wildman–Crippen LogP) is 3.23. The van der Waals surface area contributed by atoms with Gasteiger partial charge in [-0.05, 0) is 29.7 Å². The third-order valence-corrected chi connectivity index (χ3v) is 2.26. The fraction of sp³-hybridized carbons (Fsp3) is 0.333. The highest BCUT2D eigenvalue weighted by molar-refractivity contribution is 5.48. The van der Waals surface area contributed by atoms with Crippen molar-refractivity contribution in [1.82, 2.24) is 0 Å². The highest BCUT2D eigenvalue weighted by Crippen LogP contribution is 2.38. The van der Waals surface area contributed by atoms with Gasteiger partial charge in [-0.2, -0.15) is 0 Å². The summed E-state index contributed by atoms with van der Waals surface area (Å²) < 4.78 is 10.6. The van der Waals surface area contributed by atoms with Crippen LogP contribution in [0.1, 0.15) is 26.3 Å². The van der Waals surface area contributed by atoms with Crippen LogP contribution in [0.25, 0.3) is 0 Å². The molecule has 0 aromatic heterocycles. The van der Waals surface area contributed by atoms with Crippen LogP contribution in [0.4, 0.5) is 0 Å². The summed E-state index contributed by atoms with van der Waals surface area (Å²) in [6, 6.07) is 5.99. The van der Waals surface area contributed by atoms with Gasteiger partial charge in [-0.25, -0.2) is 0 Å². The van der Waals surface area contributed by atoms with Crippen molar-refractivity contribution in [2.75, 3.05) is 0 Å². The van der Waals surface area contributed by atoms with E-state index in [0.29, 0.717) is 5.95 Å². The predicted molar refractivity (Wildman–Crippen MR) is 55.5 cm³/mol. The van der Waals surface area contributed by atoms with Gasteiger partial charge in [0.25, 0.3) is 5.95 Å². The molecule has 0 saturated heterocycles. The van der Waals surface area contributed by atoms with Crippen molar-refractivity contribution in [2.45, 2.75) is 26.2 Å². The van der Waals surface area contributed by atoms with Gasteiger partial charge in [-0.15, -0.1) is 0 Å². The number of benzene rings is 1. The van der Waals surface area contributed by atoms with E-state index in [9.17, 15) is 0 Å². The molecule has 0 unspecified atom stereocenters. The molecule has 2 nitrogen and oxygen atoms in total. The molecule has 1 aromatic rings. The van der Waals surface area contributed by atoms with Gasteiger partial charge in [0.2, 0.25) is 0 Å². The zero-order valence-corrected chi connectivity index (χ0v) is 8.76. The van der Waals surface area contributed by atoms with E-state index in [0.717, 1.165) is 11.5 Å². The summed E-state index contributed by atoms with van der Waals surface area (Å²) >= 11 is 0. The van der Waals surface area contributed by atoms with Crippen LogP contribution in [0, 0.1) is 0 Å². The van der Waals surface area contributed by atoms with Crippen molar-refractivity contribution in [3.05, 3.63) is 36.3 Å². The van der Waals surface area contributed by atoms with E-state index in [2.05, 4.69) is 33.4 Å². The molecule has 2 heteroatoms. The summed E-state index contributed by atoms with van der Waals surface area (Å²) in [4.78, 5) is 0. The molecule has 14 heavy (non-hydrogen) atoms. The Balaban J connectivity index is 2.43. The first kappa shape index (κ1) is 9.13. The summed E-state index contributed by atoms with van der Waals surface area (Å²) in [6.45, 7) is 10.1. The van der Waals surface area contributed by atoms with Gasteiger partial charge in [0.1, 0.15) is 0 Å². The van der Waals surface area contributed by atoms with Crippen LogP contribution < -0.4 is 9.47 Å². The highest BCUT2D eigenvalue weighted by atomic mass is 16.7. The summed E-state index contributed by atoms with van der Waals surface area (Å²) in [5, 5.41) is 0. The van der Waals surface area contributed by atoms with Crippen LogP contribution >= 0.6 is 0 Å². The van der Waals surface area contributed by atoms with Crippen molar-refractivity contribution >= 4 is 0 Å². The Hall–Kier alpha value is -1.44. The zero-order valence-electron chi connectivity index (χ0n) is 8.76. The normalized spacial score (nSPS) is 14.6. The molecule has 0 saturated carbocycles. The number of hydrogen-bond donors (Lipinski definition) is 0. The average Bonchev–Trinajstić information content (AvgIpc) is 2.41. The average molecular weight is 190 g/mol. The molecule has 0 atom stereocenters. The van der Waals surface area contributed by atoms with Crippen LogP contribution in [0.5, 0.6) is 11.5 Å². The Morgan fingerprint density at radius 2 is 1.71 bits per heavy atom. The Morgan fingerprint density at radius 1 is 1.07 bits per heavy atom. The summed E-state index contributed by atoms with van der Waals surface area (Å²) in [5.41, 5.74) is 1.36. The Bertz CT molecular complexity index is 386. The lowest BCUT2D eigenvalue weighted by atomic mass is 9.87. The smallest absolute Gasteiger partial charge is 0.282 e. The summed E-state index contributed by atoms with van der Waals surface area (Å²) in [7, 11) is 0. The number of ether oxygens (including phenoxy) is 2. The molecular weight excluding hydrogens is 176 g/mol. The molecule has 0 bridgehead atoms. The first-order valence-electron chi connectivity index (χ1n) is 4.66. The molecule has 0 spiro atoms. The number of hydrogen-bond acceptors (Lipinski definition) is 2. The van der Waals surface area contributed by atoms with Crippen LogP contribution in [-0.2, 0) is 5.41 Å². The fourth-order valence-electron chi connectivity index (χ4n) is 1.40. The van der Waals surface area contributed by atoms with Gasteiger partial charge in [0, 0.05) is 0 Å². The van der Waals surface area contributed by atoms with E-state index in [1.54, 1.807) is 0 Å². The van der Waals surface area contributed by atoms with E-state index in [-0.39, 0.29) is 5.41 Å². The van der Waals surface area contributed by atoms with Gasteiger partial charge in [-0.1, -0.05) is 26.8 Å². The highest BCUT2D eigenvalue weighted by Gasteiger charge is 2.21. The standard InChI is InChI=1S/C12H14O2/c1-8-13-10-6-5-9(12(2,3)4)7-11(10)14-8/h5-7H,1H2,2-4H3. The molecule has 0 radical (unpaired) electrons. The first-order valence-corrected chi connectivity index (χ1v) is 4.66. The third-order valence-electron chi connectivity index (χ3n) is 2.26. The lowest BCUT2D eigenvalue weighted by Crippen LogP contribution is -2.10. The van der Waals surface area contributed by atoms with E-state index >= 15 is 0 Å². The monoisotopic (exact) mass is 190 g/mol. The SMILES string of the molecule is C=C1Oc2ccc(C(C)(C)C)cc2O1. The van der Waals surface area contributed by atoms with Gasteiger partial charge < -0.3 is 9.47 Å². The molecule has 1 aromatic carbocycles. The summed E-state index contributed by atoms with van der Waals surface area (Å²) in [6.07, 6.45) is 0. The van der Waals surface area contributed by atoms with Crippen molar-refractivity contribution in [3.63, 3.8) is 0 Å². The second kappa shape index (κ2) is 2.77. The van der Waals surface area contributed by atoms with Crippen molar-refractivity contribution in [2.24, 2.45) is 0 Å². The third kappa shape index (κ3) is 1.48. The minimum atomic E-state index is 0.127. The molecular formula is C12H14O2. The second-order valence-electron chi connectivity index (χ2n) is 4.49. The molecule has 1 aliphatic rings. The first-order chi connectivity index (χ1) is 6.47. The van der Waals surface area contributed by atoms with Crippen molar-refractivity contribution in [1.29, 1.82) is 0 Å². The molecule has 0 amide bonds. The van der Waals surface area contributed by atoms with E-state index in [1.165, 1.54) is 5.56 Å². The van der Waals surface area contributed by atoms with E-state index < -0.39 is 0 Å². The van der Waals surface area contributed by atoms with E-state index in [4.69, 9.17) is 9.47 Å². The molecule has 0 N–H and O–H groups in total. The molecule has 1 aliphatic heterocycles. The van der Waals surface area contributed by atoms with Crippen molar-refractivity contribution < 1.29 is 9.47 Å². The van der Waals surface area contributed by atoms with Gasteiger partial charge in [-0.3, -0.25) is 0 Å². The largest absolute Gasteiger partial charge is 0.422 e. The van der Waals surface area contributed by atoms with Crippen LogP contribution in [0.15, 0.2) is 30.7 Å². The van der Waals surface area contributed by atoms with E-state index in [1.807, 2.05) is 12.1 Å². The second-order valence-corrected chi connectivity index (χ2v) is 4.49. The van der Waals surface area contributed by atoms with Gasteiger partial charge >= 0.3 is 0 Å². The molecule has 1 heterocycles. The van der Waals surface area contributed by atoms with Crippen LogP contribution in [0.2, 0.25) is 0 Å². The summed E-state index contributed by atoms with van der Waals surface area (Å²) in [5.74, 6) is 1.87. The molecule has 74 valence electrons. The fourth-order valence-corrected chi connectivity index (χ4v) is 1.40. The topological polar surface area (TPSA) is 18.5 Å². The molecule has 2 rings (SSSR count). The van der Waals surface area contributed by atoms with Gasteiger partial charge in [0.15, 0.2) is 11.5 Å². The Kier molecular flexibility index (Phi) is 1.81. The van der Waals surface area contributed by atoms with Gasteiger partial charge in [0.05, 0.1) is 0 Å². The quantitative estimate of drug-likeness (QED) is 0.625.